The number of rotatable bonds is 6. The molecule has 1 heterocycles. The van der Waals surface area contributed by atoms with Crippen LogP contribution in [0, 0.1) is 5.92 Å². The van der Waals surface area contributed by atoms with Gasteiger partial charge in [-0.05, 0) is 45.3 Å². The van der Waals surface area contributed by atoms with Crippen LogP contribution in [-0.4, -0.2) is 46.6 Å². The molecule has 0 aromatic heterocycles. The van der Waals surface area contributed by atoms with Crippen molar-refractivity contribution in [1.29, 1.82) is 0 Å². The summed E-state index contributed by atoms with van der Waals surface area (Å²) in [4.78, 5) is 0. The van der Waals surface area contributed by atoms with Gasteiger partial charge in [-0.1, -0.05) is 6.07 Å². The lowest BCUT2D eigenvalue weighted by atomic mass is 9.78. The molecule has 2 aliphatic rings. The molecule has 1 aliphatic carbocycles. The van der Waals surface area contributed by atoms with Crippen LogP contribution in [0.4, 0.5) is 20.2 Å². The van der Waals surface area contributed by atoms with Crippen molar-refractivity contribution < 1.29 is 26.9 Å². The molecule has 2 fully saturated rings. The molecule has 0 radical (unpaired) electrons. The van der Waals surface area contributed by atoms with Crippen LogP contribution < -0.4 is 15.1 Å². The lowest BCUT2D eigenvalue weighted by Gasteiger charge is -2.32. The van der Waals surface area contributed by atoms with Crippen LogP contribution in [-0.2, 0) is 20.6 Å². The summed E-state index contributed by atoms with van der Waals surface area (Å²) in [5, 5.41) is 2.97. The summed E-state index contributed by atoms with van der Waals surface area (Å²) in [6, 6.07) is 5.15. The van der Waals surface area contributed by atoms with E-state index in [4.69, 9.17) is 9.31 Å². The fraction of sp³-hybridized carbons (Fsp3) is 0.647. The normalized spacial score (nSPS) is 25.9. The number of alkyl halides is 2. The fourth-order valence-electron chi connectivity index (χ4n) is 2.89. The molecule has 2 unspecified atom stereocenters. The molecule has 27 heavy (non-hydrogen) atoms. The quantitative estimate of drug-likeness (QED) is 0.566. The summed E-state index contributed by atoms with van der Waals surface area (Å²) >= 11 is -2.26. The zero-order chi connectivity index (χ0) is 20.2. The number of hydrogen-bond acceptors (Lipinski definition) is 4. The molecule has 1 saturated carbocycles. The van der Waals surface area contributed by atoms with Gasteiger partial charge < -0.3 is 14.6 Å². The van der Waals surface area contributed by atoms with Gasteiger partial charge in [-0.3, -0.25) is 8.86 Å². The van der Waals surface area contributed by atoms with Crippen molar-refractivity contribution >= 4 is 35.2 Å². The number of benzene rings is 1. The van der Waals surface area contributed by atoms with Gasteiger partial charge in [0.15, 0.2) is 0 Å². The zero-order valence-corrected chi connectivity index (χ0v) is 16.9. The van der Waals surface area contributed by atoms with Crippen LogP contribution >= 0.6 is 0 Å². The molecule has 0 spiro atoms. The minimum Gasteiger partial charge on any atom is -0.399 e. The molecule has 10 heteroatoms. The highest BCUT2D eigenvalue weighted by Gasteiger charge is 2.56. The van der Waals surface area contributed by atoms with Crippen molar-refractivity contribution in [2.24, 2.45) is 5.92 Å². The van der Waals surface area contributed by atoms with E-state index in [-0.39, 0.29) is 13.0 Å². The summed E-state index contributed by atoms with van der Waals surface area (Å²) in [6.07, 6.45) is -0.136. The lowest BCUT2D eigenvalue weighted by Crippen LogP contribution is -2.41. The van der Waals surface area contributed by atoms with Gasteiger partial charge in [0.25, 0.3) is 17.2 Å². The Bertz CT molecular complexity index is 746. The summed E-state index contributed by atoms with van der Waals surface area (Å²) in [6.45, 7) is 7.86. The van der Waals surface area contributed by atoms with Gasteiger partial charge >= 0.3 is 7.12 Å². The predicted octanol–water partition coefficient (Wildman–Crippen LogP) is 2.63. The highest BCUT2D eigenvalue weighted by atomic mass is 32.2. The minimum atomic E-state index is -2.62. The van der Waals surface area contributed by atoms with E-state index in [9.17, 15) is 17.5 Å². The maximum Gasteiger partial charge on any atom is 0.494 e. The zero-order valence-electron chi connectivity index (χ0n) is 16.1. The number of nitrogens with zero attached hydrogens (tertiary/aromatic N) is 1. The second-order valence-electron chi connectivity index (χ2n) is 8.14. The maximum atomic E-state index is 13.1. The van der Waals surface area contributed by atoms with Crippen LogP contribution in [0.2, 0.25) is 0 Å². The number of halogens is 2. The van der Waals surface area contributed by atoms with Crippen LogP contribution in [0.15, 0.2) is 18.2 Å². The summed E-state index contributed by atoms with van der Waals surface area (Å²) < 4.78 is 60.5. The van der Waals surface area contributed by atoms with Crippen molar-refractivity contribution in [1.82, 2.24) is 0 Å². The Labute approximate surface area is 161 Å². The smallest absolute Gasteiger partial charge is 0.399 e. The number of anilines is 2. The Morgan fingerprint density at radius 2 is 1.85 bits per heavy atom. The first-order chi connectivity index (χ1) is 12.3. The van der Waals surface area contributed by atoms with Gasteiger partial charge in [-0.25, -0.2) is 13.0 Å². The van der Waals surface area contributed by atoms with E-state index >= 15 is 0 Å². The van der Waals surface area contributed by atoms with Gasteiger partial charge in [0.05, 0.1) is 22.6 Å². The van der Waals surface area contributed by atoms with Gasteiger partial charge in [0.1, 0.15) is 0 Å². The van der Waals surface area contributed by atoms with Crippen LogP contribution in [0.5, 0.6) is 0 Å². The Balaban J connectivity index is 1.85. The summed E-state index contributed by atoms with van der Waals surface area (Å²) in [7, 11) is 0.826. The van der Waals surface area contributed by atoms with Gasteiger partial charge in [-0.15, -0.1) is 0 Å². The number of nitrogens with one attached hydrogen (secondary N) is 1. The van der Waals surface area contributed by atoms with Crippen molar-refractivity contribution in [2.45, 2.75) is 51.2 Å². The van der Waals surface area contributed by atoms with E-state index in [0.29, 0.717) is 16.8 Å². The van der Waals surface area contributed by atoms with E-state index in [2.05, 4.69) is 5.32 Å². The summed E-state index contributed by atoms with van der Waals surface area (Å²) in [5.74, 6) is -3.33. The molecule has 2 atom stereocenters. The molecule has 150 valence electrons. The Morgan fingerprint density at radius 1 is 1.30 bits per heavy atom. The van der Waals surface area contributed by atoms with Gasteiger partial charge in [0, 0.05) is 25.9 Å². The van der Waals surface area contributed by atoms with Crippen molar-refractivity contribution in [2.75, 3.05) is 23.2 Å². The average Bonchev–Trinajstić information content (AvgIpc) is 3.10. The van der Waals surface area contributed by atoms with Crippen molar-refractivity contribution in [3.05, 3.63) is 18.2 Å². The molecular formula is C17H25BF2N2O4S. The summed E-state index contributed by atoms with van der Waals surface area (Å²) in [5.41, 5.74) is 0.564. The van der Waals surface area contributed by atoms with E-state index in [1.165, 1.54) is 7.05 Å². The van der Waals surface area contributed by atoms with Crippen molar-refractivity contribution in [3.63, 3.8) is 0 Å². The maximum absolute atomic E-state index is 13.1. The molecule has 1 aliphatic heterocycles. The highest BCUT2D eigenvalue weighted by molar-refractivity contribution is 7.80. The average molecular weight is 402 g/mol. The molecule has 6 nitrogen and oxygen atoms in total. The first-order valence-corrected chi connectivity index (χ1v) is 9.86. The first kappa shape index (κ1) is 20.5. The van der Waals surface area contributed by atoms with E-state index in [1.807, 2.05) is 27.7 Å². The van der Waals surface area contributed by atoms with Crippen LogP contribution in [0.1, 0.15) is 34.1 Å². The second kappa shape index (κ2) is 6.68. The Kier molecular flexibility index (Phi) is 5.08. The molecule has 3 rings (SSSR count). The van der Waals surface area contributed by atoms with E-state index in [1.54, 1.807) is 18.2 Å². The Morgan fingerprint density at radius 3 is 2.33 bits per heavy atom. The third-order valence-electron chi connectivity index (χ3n) is 5.62. The fourth-order valence-corrected chi connectivity index (χ4v) is 3.21. The monoisotopic (exact) mass is 402 g/mol. The van der Waals surface area contributed by atoms with E-state index < -0.39 is 41.4 Å². The third-order valence-corrected chi connectivity index (χ3v) is 6.28. The SMILES string of the molecule is CN(c1cc(B2OC(C)(C)C(C)(C)O2)ccc1NCC1CC1(F)F)S(=O)O. The molecule has 0 bridgehead atoms. The van der Waals surface area contributed by atoms with E-state index in [0.717, 1.165) is 4.31 Å². The topological polar surface area (TPSA) is 71.0 Å². The molecule has 2 N–H and O–H groups in total. The largest absolute Gasteiger partial charge is 0.494 e. The molecule has 1 aromatic rings. The standard InChI is InChI=1S/C17H25BF2N2O4S/c1-15(2)16(3,4)26-18(25-15)12-6-7-13(14(8-12)22(5)27(23)24)21-10-11-9-17(11,19)20/h6-8,11,21H,9-10H2,1-5H3,(H,23,24). The highest BCUT2D eigenvalue weighted by Crippen LogP contribution is 2.48. The van der Waals surface area contributed by atoms with Crippen molar-refractivity contribution in [3.8, 4) is 0 Å². The molecule has 1 aromatic carbocycles. The van der Waals surface area contributed by atoms with Gasteiger partial charge in [-0.2, -0.15) is 0 Å². The van der Waals surface area contributed by atoms with Crippen LogP contribution in [0.25, 0.3) is 0 Å². The van der Waals surface area contributed by atoms with Gasteiger partial charge in [0.2, 0.25) is 0 Å². The van der Waals surface area contributed by atoms with Crippen LogP contribution in [0.3, 0.4) is 0 Å². The minimum absolute atomic E-state index is 0.0989. The number of hydrogen-bond donors (Lipinski definition) is 2. The molecular weight excluding hydrogens is 377 g/mol. The third kappa shape index (κ3) is 3.99. The Hall–Kier alpha value is -1.23. The lowest BCUT2D eigenvalue weighted by molar-refractivity contribution is 0.00578. The molecule has 1 saturated heterocycles. The predicted molar refractivity (Wildman–Crippen MR) is 103 cm³/mol. The molecule has 0 amide bonds. The first-order valence-electron chi connectivity index (χ1n) is 8.80. The second-order valence-corrected chi connectivity index (χ2v) is 9.15.